The number of anilines is 2. The van der Waals surface area contributed by atoms with Crippen LogP contribution in [0.2, 0.25) is 5.15 Å². The zero-order valence-electron chi connectivity index (χ0n) is 22.4. The zero-order chi connectivity index (χ0) is 28.8. The lowest BCUT2D eigenvalue weighted by molar-refractivity contribution is 0.0636. The number of H-pyrrole nitrogens is 1. The molecule has 13 nitrogen and oxygen atoms in total. The first-order valence-corrected chi connectivity index (χ1v) is 14.0. The van der Waals surface area contributed by atoms with Crippen molar-refractivity contribution in [1.82, 2.24) is 19.9 Å². The van der Waals surface area contributed by atoms with E-state index in [1.165, 1.54) is 21.3 Å². The average molecular weight is 583 g/mol. The van der Waals surface area contributed by atoms with E-state index in [9.17, 15) is 18.0 Å². The number of rotatable bonds is 7. The molecule has 212 valence electrons. The number of carbonyl (C=O) groups excluding carboxylic acids is 1. The van der Waals surface area contributed by atoms with Gasteiger partial charge in [0.25, 0.3) is 10.0 Å². The first-order chi connectivity index (χ1) is 18.1. The molecule has 1 amide bonds. The Hall–Kier alpha value is -3.52. The zero-order valence-corrected chi connectivity index (χ0v) is 24.0. The molecule has 0 radical (unpaired) electrons. The number of nitrogens with one attached hydrogen (secondary N) is 2. The predicted octanol–water partition coefficient (Wildman–Crippen LogP) is 3.90. The summed E-state index contributed by atoms with van der Waals surface area (Å²) >= 11 is 6.25. The maximum absolute atomic E-state index is 14.0. The fourth-order valence-corrected chi connectivity index (χ4v) is 6.11. The van der Waals surface area contributed by atoms with E-state index in [2.05, 4.69) is 25.1 Å². The number of fused-ring (bicyclic) bond motifs is 1. The molecule has 1 atom stereocenters. The first-order valence-electron chi connectivity index (χ1n) is 12.2. The van der Waals surface area contributed by atoms with Crippen molar-refractivity contribution in [2.75, 3.05) is 16.2 Å². The van der Waals surface area contributed by atoms with Crippen molar-refractivity contribution in [3.05, 3.63) is 45.9 Å². The second kappa shape index (κ2) is 10.2. The van der Waals surface area contributed by atoms with Crippen LogP contribution in [-0.4, -0.2) is 52.7 Å². The highest BCUT2D eigenvalue weighted by Crippen LogP contribution is 2.42. The van der Waals surface area contributed by atoms with E-state index in [-0.39, 0.29) is 34.5 Å². The number of hydrogen-bond acceptors (Lipinski definition) is 9. The van der Waals surface area contributed by atoms with Gasteiger partial charge in [-0.25, -0.2) is 18.0 Å². The van der Waals surface area contributed by atoms with Crippen molar-refractivity contribution >= 4 is 39.1 Å². The maximum atomic E-state index is 14.0. The third-order valence-corrected chi connectivity index (χ3v) is 8.11. The Morgan fingerprint density at radius 3 is 2.59 bits per heavy atom. The van der Waals surface area contributed by atoms with Crippen LogP contribution < -0.4 is 20.1 Å². The summed E-state index contributed by atoms with van der Waals surface area (Å²) in [6.45, 7) is 11.0. The Balaban J connectivity index is 1.73. The molecule has 0 spiro atoms. The summed E-state index contributed by atoms with van der Waals surface area (Å²) in [6.07, 6.45) is 0.310. The van der Waals surface area contributed by atoms with Gasteiger partial charge in [0, 0.05) is 23.8 Å². The molecule has 0 fully saturated rings. The molecule has 39 heavy (non-hydrogen) atoms. The summed E-state index contributed by atoms with van der Waals surface area (Å²) in [6, 6.07) is 4.64. The van der Waals surface area contributed by atoms with E-state index in [0.717, 1.165) is 0 Å². The van der Waals surface area contributed by atoms with E-state index in [1.54, 1.807) is 32.9 Å². The molecule has 1 aliphatic rings. The number of carbonyl (C=O) groups is 1. The van der Waals surface area contributed by atoms with Gasteiger partial charge in [-0.1, -0.05) is 30.6 Å². The number of nitrogens with zero attached hydrogens (tertiary/aromatic N) is 4. The standard InChI is InChI=1S/C24H31ClN6O7S/c1-7-30-13-18(19(25)28-30)39(34,35)31-12-15(11-24(5,6)20-27-22(33)38-29-20)36-17-9-8-14(10-16(17)31)26-21(32)37-23(2,3)4/h8-10,13,15H,7,11-12H2,1-6H3,(H,26,32)(H,27,29,33)/t15-/m0/s1. The molecule has 3 heterocycles. The molecule has 15 heteroatoms. The summed E-state index contributed by atoms with van der Waals surface area (Å²) < 4.78 is 46.7. The Morgan fingerprint density at radius 1 is 1.28 bits per heavy atom. The highest BCUT2D eigenvalue weighted by atomic mass is 35.5. The number of benzene rings is 1. The lowest BCUT2D eigenvalue weighted by Crippen LogP contribution is -2.45. The molecular weight excluding hydrogens is 552 g/mol. The van der Waals surface area contributed by atoms with Gasteiger partial charge in [0.15, 0.2) is 11.0 Å². The summed E-state index contributed by atoms with van der Waals surface area (Å²) in [4.78, 5) is 26.3. The van der Waals surface area contributed by atoms with E-state index >= 15 is 0 Å². The van der Waals surface area contributed by atoms with Crippen molar-refractivity contribution in [2.45, 2.75) is 76.5 Å². The second-order valence-electron chi connectivity index (χ2n) is 10.8. The highest BCUT2D eigenvalue weighted by molar-refractivity contribution is 7.93. The Labute approximate surface area is 230 Å². The average Bonchev–Trinajstić information content (AvgIpc) is 3.43. The van der Waals surface area contributed by atoms with E-state index in [1.807, 2.05) is 20.8 Å². The summed E-state index contributed by atoms with van der Waals surface area (Å²) in [5, 5.41) is 10.3. The molecule has 0 saturated heterocycles. The summed E-state index contributed by atoms with van der Waals surface area (Å²) in [7, 11) is -4.22. The second-order valence-corrected chi connectivity index (χ2v) is 12.9. The number of halogens is 1. The van der Waals surface area contributed by atoms with Crippen molar-refractivity contribution in [1.29, 1.82) is 0 Å². The quantitative estimate of drug-likeness (QED) is 0.420. The van der Waals surface area contributed by atoms with Crippen molar-refractivity contribution < 1.29 is 27.2 Å². The van der Waals surface area contributed by atoms with Gasteiger partial charge >= 0.3 is 11.8 Å². The summed E-state index contributed by atoms with van der Waals surface area (Å²) in [5.74, 6) is -0.113. The molecule has 0 aliphatic carbocycles. The number of hydrogen-bond donors (Lipinski definition) is 2. The van der Waals surface area contributed by atoms with Crippen LogP contribution in [0.1, 0.15) is 53.8 Å². The summed E-state index contributed by atoms with van der Waals surface area (Å²) in [5.41, 5.74) is -0.942. The van der Waals surface area contributed by atoms with Gasteiger partial charge in [-0.2, -0.15) is 5.10 Å². The van der Waals surface area contributed by atoms with Gasteiger partial charge in [0.2, 0.25) is 0 Å². The highest BCUT2D eigenvalue weighted by Gasteiger charge is 2.40. The molecule has 0 unspecified atom stereocenters. The molecule has 1 aliphatic heterocycles. The molecule has 0 saturated carbocycles. The number of aromatic nitrogens is 4. The third-order valence-electron chi connectivity index (χ3n) is 5.93. The van der Waals surface area contributed by atoms with Crippen LogP contribution in [0.4, 0.5) is 16.2 Å². The van der Waals surface area contributed by atoms with E-state index in [0.29, 0.717) is 18.1 Å². The maximum Gasteiger partial charge on any atom is 0.438 e. The van der Waals surface area contributed by atoms with Crippen LogP contribution in [-0.2, 0) is 26.7 Å². The predicted molar refractivity (Wildman–Crippen MR) is 143 cm³/mol. The Bertz CT molecular complexity index is 1540. The lowest BCUT2D eigenvalue weighted by atomic mass is 9.85. The molecule has 3 aromatic rings. The number of ether oxygens (including phenoxy) is 2. The fourth-order valence-electron chi connectivity index (χ4n) is 4.17. The van der Waals surface area contributed by atoms with Gasteiger partial charge in [0.1, 0.15) is 22.4 Å². The van der Waals surface area contributed by atoms with Crippen LogP contribution in [0.15, 0.2) is 38.6 Å². The fraction of sp³-hybridized carbons (Fsp3) is 0.500. The Morgan fingerprint density at radius 2 is 2.00 bits per heavy atom. The molecule has 2 aromatic heterocycles. The van der Waals surface area contributed by atoms with Gasteiger partial charge in [0.05, 0.1) is 12.2 Å². The van der Waals surface area contributed by atoms with E-state index in [4.69, 9.17) is 21.1 Å². The largest absolute Gasteiger partial charge is 0.486 e. The monoisotopic (exact) mass is 582 g/mol. The van der Waals surface area contributed by atoms with Gasteiger partial charge in [-0.15, -0.1) is 0 Å². The van der Waals surface area contributed by atoms with Crippen molar-refractivity contribution in [3.63, 3.8) is 0 Å². The number of aryl methyl sites for hydroxylation is 1. The van der Waals surface area contributed by atoms with Crippen LogP contribution in [0.5, 0.6) is 5.75 Å². The van der Waals surface area contributed by atoms with Crippen LogP contribution in [0.3, 0.4) is 0 Å². The van der Waals surface area contributed by atoms with Crippen molar-refractivity contribution in [2.24, 2.45) is 0 Å². The molecule has 2 N–H and O–H groups in total. The van der Waals surface area contributed by atoms with Crippen LogP contribution in [0.25, 0.3) is 0 Å². The van der Waals surface area contributed by atoms with Gasteiger partial charge in [-0.05, 0) is 52.3 Å². The minimum atomic E-state index is -4.22. The number of amides is 1. The SMILES string of the molecule is CCn1cc(S(=O)(=O)N2C[C@H](CC(C)(C)c3noc(=O)[nH]3)Oc3ccc(NC(=O)OC(C)(C)C)cc32)c(Cl)n1. The third kappa shape index (κ3) is 6.22. The minimum absolute atomic E-state index is 0.0929. The van der Waals surface area contributed by atoms with E-state index < -0.39 is 39.0 Å². The Kier molecular flexibility index (Phi) is 7.47. The van der Waals surface area contributed by atoms with Crippen LogP contribution >= 0.6 is 11.6 Å². The van der Waals surface area contributed by atoms with Gasteiger partial charge < -0.3 is 9.47 Å². The van der Waals surface area contributed by atoms with Gasteiger partial charge in [-0.3, -0.25) is 23.8 Å². The topological polar surface area (TPSA) is 162 Å². The smallest absolute Gasteiger partial charge is 0.438 e. The minimum Gasteiger partial charge on any atom is -0.486 e. The first kappa shape index (κ1) is 28.5. The van der Waals surface area contributed by atoms with Crippen LogP contribution in [0, 0.1) is 0 Å². The normalized spacial score (nSPS) is 16.0. The number of aromatic amines is 1. The molecular formula is C24H31ClN6O7S. The lowest BCUT2D eigenvalue weighted by Gasteiger charge is -2.38. The molecule has 0 bridgehead atoms. The molecule has 1 aromatic carbocycles. The van der Waals surface area contributed by atoms with Crippen molar-refractivity contribution in [3.8, 4) is 5.75 Å². The molecule has 4 rings (SSSR count). The number of sulfonamides is 1.